The molecule has 2 aliphatic carbocycles. The summed E-state index contributed by atoms with van der Waals surface area (Å²) in [5.74, 6) is -2.77. The average Bonchev–Trinajstić information content (AvgIpc) is 3.22. The summed E-state index contributed by atoms with van der Waals surface area (Å²) in [6.45, 7) is 1.71. The van der Waals surface area contributed by atoms with Gasteiger partial charge in [0.25, 0.3) is 17.5 Å². The second kappa shape index (κ2) is 13.8. The molecule has 2 aromatic heterocycles. The number of aliphatic carboxylic acids is 2. The number of carbonyl (C=O) groups excluding carboxylic acids is 2. The fourth-order valence-corrected chi connectivity index (χ4v) is 3.54. The second-order valence-electron chi connectivity index (χ2n) is 9.51. The molecule has 2 aromatic rings. The van der Waals surface area contributed by atoms with Crippen molar-refractivity contribution in [3.8, 4) is 0 Å². The molecule has 0 radical (unpaired) electrons. The topological polar surface area (TPSA) is 278 Å². The van der Waals surface area contributed by atoms with Gasteiger partial charge >= 0.3 is 11.9 Å². The van der Waals surface area contributed by atoms with Crippen LogP contribution >= 0.6 is 0 Å². The van der Waals surface area contributed by atoms with Gasteiger partial charge in [-0.1, -0.05) is 0 Å². The number of imidazole rings is 1. The molecular formula is C23H35N7O10. The summed E-state index contributed by atoms with van der Waals surface area (Å²) in [6.07, 6.45) is 4.54. The predicted octanol–water partition coefficient (Wildman–Crippen LogP) is -0.924. The molecule has 0 spiro atoms. The number of carboxylic acids is 2. The van der Waals surface area contributed by atoms with E-state index in [-0.39, 0.29) is 37.1 Å². The average molecular weight is 570 g/mol. The Balaban J connectivity index is 0.000000621. The smallest absolute Gasteiger partial charge is 0.326 e. The summed E-state index contributed by atoms with van der Waals surface area (Å²) in [7, 11) is 0. The van der Waals surface area contributed by atoms with Gasteiger partial charge in [-0.2, -0.15) is 4.98 Å². The zero-order chi connectivity index (χ0) is 30.1. The minimum Gasteiger partial charge on any atom is -0.481 e. The molecule has 0 aromatic carbocycles. The Kier molecular flexibility index (Phi) is 11.1. The van der Waals surface area contributed by atoms with E-state index in [0.717, 1.165) is 26.7 Å². The van der Waals surface area contributed by atoms with Crippen molar-refractivity contribution in [3.05, 3.63) is 16.7 Å². The van der Waals surface area contributed by atoms with E-state index in [9.17, 15) is 14.4 Å². The predicted molar refractivity (Wildman–Crippen MR) is 138 cm³/mol. The van der Waals surface area contributed by atoms with Gasteiger partial charge in [0.05, 0.1) is 6.33 Å². The molecule has 0 amide bonds. The molecular weight excluding hydrogens is 534 g/mol. The number of H-pyrrole nitrogens is 1. The summed E-state index contributed by atoms with van der Waals surface area (Å²) in [4.78, 5) is 64.9. The maximum Gasteiger partial charge on any atom is 0.326 e. The first-order valence-corrected chi connectivity index (χ1v) is 12.3. The number of aromatic nitrogens is 4. The molecule has 0 unspecified atom stereocenters. The van der Waals surface area contributed by atoms with Crippen LogP contribution in [0.1, 0.15) is 52.4 Å². The number of anilines is 1. The SMILES string of the molecule is CC(=O)O.CC(=O)O.Nc1nc2c(ncn2COC(COC(=O)C2(N)CCC2)COC(=O)C2(N)CCC2)c(=O)[nH]1. The third-order valence-electron chi connectivity index (χ3n) is 6.05. The number of nitrogens with one attached hydrogen (secondary N) is 1. The summed E-state index contributed by atoms with van der Waals surface area (Å²) in [5.41, 5.74) is 15.5. The van der Waals surface area contributed by atoms with Gasteiger partial charge in [0, 0.05) is 13.8 Å². The lowest BCUT2D eigenvalue weighted by Gasteiger charge is -2.36. The highest BCUT2D eigenvalue weighted by Gasteiger charge is 2.43. The van der Waals surface area contributed by atoms with Crippen LogP contribution in [0.2, 0.25) is 0 Å². The van der Waals surface area contributed by atoms with Crippen LogP contribution in [0, 0.1) is 0 Å². The van der Waals surface area contributed by atoms with Crippen LogP contribution in [-0.4, -0.2) is 84.0 Å². The third kappa shape index (κ3) is 8.99. The fraction of sp³-hybridized carbons (Fsp3) is 0.609. The summed E-state index contributed by atoms with van der Waals surface area (Å²) < 4.78 is 17.9. The van der Waals surface area contributed by atoms with Crippen molar-refractivity contribution in [1.29, 1.82) is 0 Å². The Morgan fingerprint density at radius 2 is 1.45 bits per heavy atom. The number of nitrogens with two attached hydrogens (primary N) is 3. The fourth-order valence-electron chi connectivity index (χ4n) is 3.54. The second-order valence-corrected chi connectivity index (χ2v) is 9.51. The van der Waals surface area contributed by atoms with Crippen molar-refractivity contribution in [2.75, 3.05) is 18.9 Å². The first-order chi connectivity index (χ1) is 18.7. The number of hydrogen-bond acceptors (Lipinski definition) is 13. The number of hydrogen-bond donors (Lipinski definition) is 6. The number of nitrogen functional groups attached to an aromatic ring is 1. The van der Waals surface area contributed by atoms with E-state index < -0.39 is 46.6 Å². The van der Waals surface area contributed by atoms with E-state index in [4.69, 9.17) is 51.2 Å². The monoisotopic (exact) mass is 569 g/mol. The van der Waals surface area contributed by atoms with E-state index in [1.165, 1.54) is 10.9 Å². The van der Waals surface area contributed by atoms with Crippen LogP contribution in [0.5, 0.6) is 0 Å². The molecule has 17 nitrogen and oxygen atoms in total. The molecule has 2 heterocycles. The van der Waals surface area contributed by atoms with Gasteiger partial charge in [0.15, 0.2) is 11.2 Å². The highest BCUT2D eigenvalue weighted by atomic mass is 16.6. The van der Waals surface area contributed by atoms with E-state index in [1.54, 1.807) is 0 Å². The van der Waals surface area contributed by atoms with E-state index in [1.807, 2.05) is 0 Å². The lowest BCUT2D eigenvalue weighted by molar-refractivity contribution is -0.167. The molecule has 2 saturated carbocycles. The quantitative estimate of drug-likeness (QED) is 0.199. The van der Waals surface area contributed by atoms with Crippen LogP contribution in [0.25, 0.3) is 11.2 Å². The molecule has 9 N–H and O–H groups in total. The number of carboxylic acid groups (broad SMARTS) is 2. The van der Waals surface area contributed by atoms with Crippen molar-refractivity contribution in [2.24, 2.45) is 11.5 Å². The zero-order valence-electron chi connectivity index (χ0n) is 22.3. The van der Waals surface area contributed by atoms with Crippen LogP contribution in [0.3, 0.4) is 0 Å². The Morgan fingerprint density at radius 1 is 1.00 bits per heavy atom. The van der Waals surface area contributed by atoms with Crippen LogP contribution in [-0.2, 0) is 40.1 Å². The molecule has 0 bridgehead atoms. The third-order valence-corrected chi connectivity index (χ3v) is 6.05. The number of nitrogens with zero attached hydrogens (tertiary/aromatic N) is 3. The number of aromatic amines is 1. The van der Waals surface area contributed by atoms with E-state index >= 15 is 0 Å². The molecule has 2 aliphatic rings. The maximum absolute atomic E-state index is 12.3. The Hall–Kier alpha value is -4.09. The van der Waals surface area contributed by atoms with E-state index in [2.05, 4.69) is 15.0 Å². The number of ether oxygens (including phenoxy) is 3. The largest absolute Gasteiger partial charge is 0.481 e. The van der Waals surface area contributed by atoms with Gasteiger partial charge in [-0.05, 0) is 38.5 Å². The normalized spacial score (nSPS) is 16.2. The number of rotatable bonds is 9. The molecule has 0 saturated heterocycles. The number of esters is 2. The molecule has 0 aliphatic heterocycles. The lowest BCUT2D eigenvalue weighted by Crippen LogP contribution is -2.55. The van der Waals surface area contributed by atoms with Crippen LogP contribution in [0.15, 0.2) is 11.1 Å². The summed E-state index contributed by atoms with van der Waals surface area (Å²) in [5, 5.41) is 14.8. The molecule has 17 heteroatoms. The van der Waals surface area contributed by atoms with Crippen molar-refractivity contribution in [2.45, 2.75) is 76.3 Å². The minimum absolute atomic E-state index is 0.0638. The van der Waals surface area contributed by atoms with Gasteiger partial charge < -0.3 is 41.6 Å². The highest BCUT2D eigenvalue weighted by Crippen LogP contribution is 2.31. The molecule has 222 valence electrons. The van der Waals surface area contributed by atoms with E-state index in [0.29, 0.717) is 25.7 Å². The Labute approximate surface area is 228 Å². The van der Waals surface area contributed by atoms with Crippen LogP contribution < -0.4 is 22.8 Å². The van der Waals surface area contributed by atoms with Gasteiger partial charge in [-0.15, -0.1) is 0 Å². The van der Waals surface area contributed by atoms with Crippen molar-refractivity contribution >= 4 is 41.0 Å². The Morgan fingerprint density at radius 3 is 1.85 bits per heavy atom. The summed E-state index contributed by atoms with van der Waals surface area (Å²) >= 11 is 0. The molecule has 0 atom stereocenters. The first-order valence-electron chi connectivity index (χ1n) is 12.3. The highest BCUT2D eigenvalue weighted by molar-refractivity contribution is 5.82. The van der Waals surface area contributed by atoms with Gasteiger partial charge in [-0.3, -0.25) is 33.5 Å². The lowest BCUT2D eigenvalue weighted by atomic mass is 9.78. The van der Waals surface area contributed by atoms with Crippen molar-refractivity contribution in [3.63, 3.8) is 0 Å². The summed E-state index contributed by atoms with van der Waals surface area (Å²) in [6, 6.07) is 0. The maximum atomic E-state index is 12.3. The molecule has 40 heavy (non-hydrogen) atoms. The van der Waals surface area contributed by atoms with Gasteiger partial charge in [0.2, 0.25) is 5.95 Å². The number of fused-ring (bicyclic) bond motifs is 1. The zero-order valence-corrected chi connectivity index (χ0v) is 22.3. The van der Waals surface area contributed by atoms with Crippen LogP contribution in [0.4, 0.5) is 5.95 Å². The van der Waals surface area contributed by atoms with Crippen molar-refractivity contribution < 1.29 is 43.6 Å². The van der Waals surface area contributed by atoms with Gasteiger partial charge in [0.1, 0.15) is 37.1 Å². The van der Waals surface area contributed by atoms with Crippen molar-refractivity contribution in [1.82, 2.24) is 19.5 Å². The first kappa shape index (κ1) is 32.1. The molecule has 4 rings (SSSR count). The minimum atomic E-state index is -0.975. The Bertz CT molecular complexity index is 1210. The standard InChI is InChI=1S/C19H27N7O6.2C2H4O2/c20-17-24-13-12(14(27)25-17)23-9-26(13)10-32-11(7-30-15(28)18(21)3-1-4-18)8-31-16(29)19(22)5-2-6-19;2*1-2(3)4/h9,11H,1-8,10,21-22H2,(H3,20,24,25,27);2*1H3,(H,3,4). The number of carbonyl (C=O) groups is 4. The van der Waals surface area contributed by atoms with Gasteiger partial charge in [-0.25, -0.2) is 4.98 Å². The molecule has 2 fully saturated rings.